The van der Waals surface area contributed by atoms with Gasteiger partial charge in [-0.3, -0.25) is 4.79 Å². The number of rotatable bonds is 9. The summed E-state index contributed by atoms with van der Waals surface area (Å²) in [7, 11) is 0. The maximum absolute atomic E-state index is 13.9. The van der Waals surface area contributed by atoms with Crippen LogP contribution in [0.3, 0.4) is 0 Å². The second-order valence-corrected chi connectivity index (χ2v) is 6.94. The summed E-state index contributed by atoms with van der Waals surface area (Å²) in [5.41, 5.74) is 2.17. The number of anilines is 1. The molecule has 3 nitrogen and oxygen atoms in total. The van der Waals surface area contributed by atoms with Gasteiger partial charge in [-0.15, -0.1) is 0 Å². The zero-order chi connectivity index (χ0) is 19.2. The number of unbranched alkanes of at least 4 members (excludes halogenated alkanes) is 4. The maximum Gasteiger partial charge on any atom is 0.230 e. The van der Waals surface area contributed by atoms with Gasteiger partial charge in [-0.25, -0.2) is 4.39 Å². The molecule has 0 bridgehead atoms. The van der Waals surface area contributed by atoms with Crippen LogP contribution in [0, 0.1) is 12.7 Å². The smallest absolute Gasteiger partial charge is 0.230 e. The summed E-state index contributed by atoms with van der Waals surface area (Å²) in [6, 6.07) is 12.1. The summed E-state index contributed by atoms with van der Waals surface area (Å²) in [4.78, 5) is 13.0. The molecule has 1 aromatic heterocycles. The Morgan fingerprint density at radius 1 is 1.07 bits per heavy atom. The van der Waals surface area contributed by atoms with Crippen LogP contribution < -0.4 is 5.32 Å². The van der Waals surface area contributed by atoms with Gasteiger partial charge in [0.05, 0.1) is 5.69 Å². The van der Waals surface area contributed by atoms with E-state index in [0.29, 0.717) is 22.4 Å². The second kappa shape index (κ2) is 8.85. The minimum Gasteiger partial charge on any atom is -0.450 e. The predicted octanol–water partition coefficient (Wildman–Crippen LogP) is 6.49. The minimum atomic E-state index is -0.387. The molecular weight excluding hydrogens is 341 g/mol. The number of para-hydroxylation sites is 1. The summed E-state index contributed by atoms with van der Waals surface area (Å²) in [5, 5.41) is 4.26. The highest BCUT2D eigenvalue weighted by molar-refractivity contribution is 6.14. The molecule has 0 amide bonds. The van der Waals surface area contributed by atoms with Crippen molar-refractivity contribution in [1.29, 1.82) is 0 Å². The predicted molar refractivity (Wildman–Crippen MR) is 108 cm³/mol. The lowest BCUT2D eigenvalue weighted by Gasteiger charge is -2.07. The van der Waals surface area contributed by atoms with Crippen LogP contribution >= 0.6 is 0 Å². The number of fused-ring (bicyclic) bond motifs is 1. The molecule has 0 radical (unpaired) electrons. The molecule has 0 spiro atoms. The molecule has 0 saturated heterocycles. The third kappa shape index (κ3) is 4.38. The van der Waals surface area contributed by atoms with E-state index in [9.17, 15) is 9.18 Å². The van der Waals surface area contributed by atoms with Crippen LogP contribution in [-0.4, -0.2) is 12.3 Å². The number of carbonyl (C=O) groups is 1. The van der Waals surface area contributed by atoms with Gasteiger partial charge in [0, 0.05) is 17.5 Å². The molecule has 2 aromatic carbocycles. The van der Waals surface area contributed by atoms with Gasteiger partial charge >= 0.3 is 0 Å². The molecule has 142 valence electrons. The Kier molecular flexibility index (Phi) is 6.28. The monoisotopic (exact) mass is 367 g/mol. The van der Waals surface area contributed by atoms with Crippen molar-refractivity contribution in [2.24, 2.45) is 0 Å². The van der Waals surface area contributed by atoms with Gasteiger partial charge in [0.25, 0.3) is 0 Å². The van der Waals surface area contributed by atoms with Crippen LogP contribution in [-0.2, 0) is 0 Å². The average Bonchev–Trinajstić information content (AvgIpc) is 3.05. The van der Waals surface area contributed by atoms with E-state index in [1.807, 2.05) is 24.3 Å². The molecule has 3 rings (SSSR count). The van der Waals surface area contributed by atoms with E-state index in [1.54, 1.807) is 19.1 Å². The van der Waals surface area contributed by atoms with Crippen LogP contribution in [0.1, 0.15) is 60.7 Å². The summed E-state index contributed by atoms with van der Waals surface area (Å²) < 4.78 is 19.8. The van der Waals surface area contributed by atoms with Gasteiger partial charge in [0.15, 0.2) is 5.76 Å². The van der Waals surface area contributed by atoms with Crippen molar-refractivity contribution in [3.8, 4) is 0 Å². The van der Waals surface area contributed by atoms with Gasteiger partial charge in [-0.1, -0.05) is 56.9 Å². The highest BCUT2D eigenvalue weighted by Gasteiger charge is 2.22. The summed E-state index contributed by atoms with van der Waals surface area (Å²) >= 11 is 0. The van der Waals surface area contributed by atoms with Gasteiger partial charge in [-0.05, 0) is 37.1 Å². The third-order valence-corrected chi connectivity index (χ3v) is 4.82. The van der Waals surface area contributed by atoms with E-state index < -0.39 is 0 Å². The maximum atomic E-state index is 13.9. The van der Waals surface area contributed by atoms with E-state index in [1.165, 1.54) is 25.3 Å². The molecule has 3 aromatic rings. The highest BCUT2D eigenvalue weighted by atomic mass is 19.1. The minimum absolute atomic E-state index is 0.244. The number of hydrogen-bond acceptors (Lipinski definition) is 3. The molecule has 0 aliphatic heterocycles. The quantitative estimate of drug-likeness (QED) is 0.347. The molecular formula is C23H26FNO2. The molecule has 27 heavy (non-hydrogen) atoms. The van der Waals surface area contributed by atoms with E-state index in [0.717, 1.165) is 24.8 Å². The lowest BCUT2D eigenvalue weighted by atomic mass is 10.0. The Balaban J connectivity index is 1.85. The molecule has 4 heteroatoms. The van der Waals surface area contributed by atoms with Crippen LogP contribution in [0.15, 0.2) is 46.9 Å². The third-order valence-electron chi connectivity index (χ3n) is 4.82. The number of hydrogen-bond donors (Lipinski definition) is 1. The fraction of sp³-hybridized carbons (Fsp3) is 0.348. The molecule has 0 aliphatic carbocycles. The number of carbonyl (C=O) groups excluding carboxylic acids is 1. The zero-order valence-corrected chi connectivity index (χ0v) is 16.0. The number of nitrogens with one attached hydrogen (secondary N) is 1. The van der Waals surface area contributed by atoms with E-state index in [-0.39, 0.29) is 17.4 Å². The van der Waals surface area contributed by atoms with Crippen molar-refractivity contribution in [3.05, 3.63) is 65.2 Å². The number of halogens is 1. The van der Waals surface area contributed by atoms with Crippen molar-refractivity contribution in [1.82, 2.24) is 0 Å². The number of ketones is 1. The van der Waals surface area contributed by atoms with Gasteiger partial charge in [0.2, 0.25) is 5.78 Å². The van der Waals surface area contributed by atoms with Crippen molar-refractivity contribution in [2.45, 2.75) is 46.0 Å². The van der Waals surface area contributed by atoms with Crippen molar-refractivity contribution >= 4 is 22.4 Å². The van der Waals surface area contributed by atoms with Crippen molar-refractivity contribution in [3.63, 3.8) is 0 Å². The highest BCUT2D eigenvalue weighted by Crippen LogP contribution is 2.32. The molecule has 1 heterocycles. The second-order valence-electron chi connectivity index (χ2n) is 6.94. The Morgan fingerprint density at radius 3 is 2.63 bits per heavy atom. The van der Waals surface area contributed by atoms with Crippen molar-refractivity contribution in [2.75, 3.05) is 11.9 Å². The summed E-state index contributed by atoms with van der Waals surface area (Å²) in [6.07, 6.45) is 5.87. The Hall–Kier alpha value is -2.62. The summed E-state index contributed by atoms with van der Waals surface area (Å²) in [6.45, 7) is 4.65. The SMILES string of the molecule is CCCCCCCNc1c(C(=O)c2ccc(C)c(F)c2)oc2ccccc12. The lowest BCUT2D eigenvalue weighted by Crippen LogP contribution is -2.08. The summed E-state index contributed by atoms with van der Waals surface area (Å²) in [5.74, 6) is -0.450. The standard InChI is InChI=1S/C23H26FNO2/c1-3-4-5-6-9-14-25-21-18-10-7-8-11-20(18)27-23(21)22(26)17-13-12-16(2)19(24)15-17/h7-8,10-13,15,25H,3-6,9,14H2,1-2H3. The first-order chi connectivity index (χ1) is 13.1. The van der Waals surface area contributed by atoms with E-state index in [4.69, 9.17) is 4.42 Å². The molecule has 1 N–H and O–H groups in total. The van der Waals surface area contributed by atoms with Crippen LogP contribution in [0.2, 0.25) is 0 Å². The number of benzene rings is 2. The largest absolute Gasteiger partial charge is 0.450 e. The number of aryl methyl sites for hydroxylation is 1. The first-order valence-electron chi connectivity index (χ1n) is 9.68. The first kappa shape index (κ1) is 19.2. The Bertz CT molecular complexity index is 929. The number of furan rings is 1. The topological polar surface area (TPSA) is 42.2 Å². The van der Waals surface area contributed by atoms with E-state index >= 15 is 0 Å². The normalized spacial score (nSPS) is 11.1. The molecule has 0 saturated carbocycles. The van der Waals surface area contributed by atoms with Crippen LogP contribution in [0.25, 0.3) is 11.0 Å². The fourth-order valence-electron chi connectivity index (χ4n) is 3.19. The molecule has 0 atom stereocenters. The van der Waals surface area contributed by atoms with Crippen molar-refractivity contribution < 1.29 is 13.6 Å². The fourth-order valence-corrected chi connectivity index (χ4v) is 3.19. The molecule has 0 fully saturated rings. The molecule has 0 unspecified atom stereocenters. The first-order valence-corrected chi connectivity index (χ1v) is 9.68. The lowest BCUT2D eigenvalue weighted by molar-refractivity contribution is 0.101. The molecule has 0 aliphatic rings. The van der Waals surface area contributed by atoms with Crippen LogP contribution in [0.5, 0.6) is 0 Å². The Labute approximate surface area is 159 Å². The average molecular weight is 367 g/mol. The van der Waals surface area contributed by atoms with Crippen LogP contribution in [0.4, 0.5) is 10.1 Å². The van der Waals surface area contributed by atoms with Gasteiger partial charge in [0.1, 0.15) is 11.4 Å². The Morgan fingerprint density at radius 2 is 1.85 bits per heavy atom. The van der Waals surface area contributed by atoms with Gasteiger partial charge < -0.3 is 9.73 Å². The van der Waals surface area contributed by atoms with E-state index in [2.05, 4.69) is 12.2 Å². The zero-order valence-electron chi connectivity index (χ0n) is 16.0. The van der Waals surface area contributed by atoms with Gasteiger partial charge in [-0.2, -0.15) is 0 Å².